The van der Waals surface area contributed by atoms with Crippen molar-refractivity contribution >= 4 is 12.2 Å². The van der Waals surface area contributed by atoms with Gasteiger partial charge in [-0.05, 0) is 44.9 Å². The minimum atomic E-state index is -0.0528. The number of aliphatic hydroxyl groups is 1. The van der Waals surface area contributed by atoms with E-state index in [9.17, 15) is 9.59 Å². The molecule has 0 aromatic rings. The monoisotopic (exact) mass is 377 g/mol. The Hall–Kier alpha value is -1.94. The summed E-state index contributed by atoms with van der Waals surface area (Å²) in [6, 6.07) is 0. The van der Waals surface area contributed by atoms with Crippen molar-refractivity contribution in [1.82, 2.24) is 5.32 Å². The summed E-state index contributed by atoms with van der Waals surface area (Å²) in [5, 5.41) is 9.53. The smallest absolute Gasteiger partial charge is 0.220 e. The predicted octanol–water partition coefficient (Wildman–Crippen LogP) is 5.06. The van der Waals surface area contributed by atoms with Crippen LogP contribution in [-0.2, 0) is 9.59 Å². The van der Waals surface area contributed by atoms with Crippen molar-refractivity contribution in [3.8, 4) is 0 Å². The maximum atomic E-state index is 11.2. The molecular weight excluding hydrogens is 338 g/mol. The molecule has 2 N–H and O–H groups in total. The number of nitrogens with one attached hydrogen (secondary N) is 1. The predicted molar refractivity (Wildman–Crippen MR) is 116 cm³/mol. The Morgan fingerprint density at radius 2 is 1.26 bits per heavy atom. The number of amides is 1. The SMILES string of the molecule is CCCCC/C=C\C/C=C\C/C=C\C/C=C\CCCC(=O)NCC=O.CO. The number of aldehydes is 1. The van der Waals surface area contributed by atoms with Crippen LogP contribution in [0.5, 0.6) is 0 Å². The molecule has 0 bridgehead atoms. The van der Waals surface area contributed by atoms with Gasteiger partial charge in [0.1, 0.15) is 6.29 Å². The standard InChI is InChI=1S/C22H35NO2.CH4O/c1-2-3-4-5-6-7-8-9-10-11-12-13-14-15-16-17-18-19-22(25)23-20-21-24;1-2/h6-7,9-10,12-13,15-16,21H,2-5,8,11,14,17-20H2,1H3,(H,23,25);2H,1H3/b7-6-,10-9-,13-12-,16-15-;. The van der Waals surface area contributed by atoms with Crippen molar-refractivity contribution < 1.29 is 14.7 Å². The number of hydrogen-bond donors (Lipinski definition) is 2. The third-order valence-electron chi connectivity index (χ3n) is 3.61. The van der Waals surface area contributed by atoms with Crippen LogP contribution < -0.4 is 5.32 Å². The molecule has 0 radical (unpaired) electrons. The maximum absolute atomic E-state index is 11.2. The van der Waals surface area contributed by atoms with Crippen LogP contribution >= 0.6 is 0 Å². The first kappa shape index (κ1) is 27.3. The Bertz CT molecular complexity index is 437. The third kappa shape index (κ3) is 26.4. The van der Waals surface area contributed by atoms with Gasteiger partial charge in [-0.2, -0.15) is 0 Å². The van der Waals surface area contributed by atoms with Crippen molar-refractivity contribution in [2.75, 3.05) is 13.7 Å². The molecule has 0 rings (SSSR count). The van der Waals surface area contributed by atoms with Crippen LogP contribution in [0.25, 0.3) is 0 Å². The normalized spacial score (nSPS) is 11.4. The van der Waals surface area contributed by atoms with E-state index in [0.717, 1.165) is 39.2 Å². The molecule has 0 saturated carbocycles. The molecule has 0 aromatic heterocycles. The van der Waals surface area contributed by atoms with Crippen LogP contribution in [0.3, 0.4) is 0 Å². The van der Waals surface area contributed by atoms with Gasteiger partial charge in [-0.25, -0.2) is 0 Å². The number of unbranched alkanes of at least 4 members (excludes halogenated alkanes) is 4. The minimum absolute atomic E-state index is 0.0528. The first-order valence-corrected chi connectivity index (χ1v) is 10.1. The van der Waals surface area contributed by atoms with Crippen LogP contribution in [0.2, 0.25) is 0 Å². The molecule has 0 unspecified atom stereocenters. The summed E-state index contributed by atoms with van der Waals surface area (Å²) in [5.74, 6) is -0.0528. The molecule has 0 saturated heterocycles. The number of aliphatic hydroxyl groups excluding tert-OH is 1. The molecule has 0 spiro atoms. The van der Waals surface area contributed by atoms with Crippen LogP contribution in [0.4, 0.5) is 0 Å². The minimum Gasteiger partial charge on any atom is -0.400 e. The molecule has 0 atom stereocenters. The first-order chi connectivity index (χ1) is 13.3. The van der Waals surface area contributed by atoms with E-state index in [-0.39, 0.29) is 12.5 Å². The highest BCUT2D eigenvalue weighted by Gasteiger charge is 1.97. The van der Waals surface area contributed by atoms with Crippen molar-refractivity contribution in [2.24, 2.45) is 0 Å². The van der Waals surface area contributed by atoms with Gasteiger partial charge in [-0.15, -0.1) is 0 Å². The highest BCUT2D eigenvalue weighted by Crippen LogP contribution is 2.01. The van der Waals surface area contributed by atoms with Gasteiger partial charge in [0.05, 0.1) is 6.54 Å². The van der Waals surface area contributed by atoms with E-state index in [2.05, 4.69) is 60.8 Å². The summed E-state index contributed by atoms with van der Waals surface area (Å²) >= 11 is 0. The highest BCUT2D eigenvalue weighted by molar-refractivity contribution is 5.78. The summed E-state index contributed by atoms with van der Waals surface area (Å²) in [6.45, 7) is 2.35. The Morgan fingerprint density at radius 1 is 0.778 bits per heavy atom. The molecule has 4 heteroatoms. The van der Waals surface area contributed by atoms with Crippen LogP contribution in [0.15, 0.2) is 48.6 Å². The van der Waals surface area contributed by atoms with Crippen molar-refractivity contribution in [3.05, 3.63) is 48.6 Å². The lowest BCUT2D eigenvalue weighted by molar-refractivity contribution is -0.122. The molecule has 0 aliphatic heterocycles. The lowest BCUT2D eigenvalue weighted by atomic mass is 10.2. The van der Waals surface area contributed by atoms with E-state index in [1.807, 2.05) is 0 Å². The Balaban J connectivity index is 0. The Labute approximate surface area is 166 Å². The molecular formula is C23H39NO3. The van der Waals surface area contributed by atoms with Gasteiger partial charge in [-0.1, -0.05) is 68.4 Å². The highest BCUT2D eigenvalue weighted by atomic mass is 16.2. The molecule has 154 valence electrons. The van der Waals surface area contributed by atoms with E-state index < -0.39 is 0 Å². The number of hydrogen-bond acceptors (Lipinski definition) is 3. The van der Waals surface area contributed by atoms with Gasteiger partial charge in [0, 0.05) is 13.5 Å². The molecule has 0 aliphatic rings. The lowest BCUT2D eigenvalue weighted by Gasteiger charge is -1.98. The molecule has 0 aromatic carbocycles. The average Bonchev–Trinajstić information content (AvgIpc) is 2.70. The summed E-state index contributed by atoms with van der Waals surface area (Å²) < 4.78 is 0. The van der Waals surface area contributed by atoms with Gasteiger partial charge in [0.2, 0.25) is 5.91 Å². The summed E-state index contributed by atoms with van der Waals surface area (Å²) in [6.07, 6.45) is 28.5. The molecule has 4 nitrogen and oxygen atoms in total. The fourth-order valence-corrected chi connectivity index (χ4v) is 2.19. The second-order valence-corrected chi connectivity index (χ2v) is 5.95. The van der Waals surface area contributed by atoms with E-state index in [1.165, 1.54) is 25.7 Å². The lowest BCUT2D eigenvalue weighted by Crippen LogP contribution is -2.24. The van der Waals surface area contributed by atoms with Crippen molar-refractivity contribution in [3.63, 3.8) is 0 Å². The summed E-state index contributed by atoms with van der Waals surface area (Å²) in [5.41, 5.74) is 0. The average molecular weight is 378 g/mol. The Morgan fingerprint density at radius 3 is 1.74 bits per heavy atom. The van der Waals surface area contributed by atoms with E-state index >= 15 is 0 Å². The van der Waals surface area contributed by atoms with Crippen molar-refractivity contribution in [1.29, 1.82) is 0 Å². The fraction of sp³-hybridized carbons (Fsp3) is 0.565. The van der Waals surface area contributed by atoms with Gasteiger partial charge in [0.15, 0.2) is 0 Å². The zero-order chi connectivity index (χ0) is 20.4. The molecule has 0 heterocycles. The molecule has 0 fully saturated rings. The largest absolute Gasteiger partial charge is 0.400 e. The van der Waals surface area contributed by atoms with Crippen LogP contribution in [-0.4, -0.2) is 31.0 Å². The second-order valence-electron chi connectivity index (χ2n) is 5.95. The Kier molecular flexibility index (Phi) is 26.6. The molecule has 1 amide bonds. The second kappa shape index (κ2) is 26.3. The number of allylic oxidation sites excluding steroid dienone is 8. The van der Waals surface area contributed by atoms with E-state index in [1.54, 1.807) is 0 Å². The summed E-state index contributed by atoms with van der Waals surface area (Å²) in [4.78, 5) is 21.3. The zero-order valence-corrected chi connectivity index (χ0v) is 17.2. The van der Waals surface area contributed by atoms with E-state index in [0.29, 0.717) is 12.7 Å². The zero-order valence-electron chi connectivity index (χ0n) is 17.2. The quantitative estimate of drug-likeness (QED) is 0.224. The maximum Gasteiger partial charge on any atom is 0.220 e. The molecule has 0 aliphatic carbocycles. The van der Waals surface area contributed by atoms with Gasteiger partial charge in [0.25, 0.3) is 0 Å². The molecule has 27 heavy (non-hydrogen) atoms. The fourth-order valence-electron chi connectivity index (χ4n) is 2.19. The number of carbonyl (C=O) groups is 2. The third-order valence-corrected chi connectivity index (χ3v) is 3.61. The van der Waals surface area contributed by atoms with Crippen molar-refractivity contribution in [2.45, 2.75) is 71.1 Å². The van der Waals surface area contributed by atoms with Gasteiger partial charge >= 0.3 is 0 Å². The number of rotatable bonds is 16. The van der Waals surface area contributed by atoms with Gasteiger partial charge in [-0.3, -0.25) is 4.79 Å². The van der Waals surface area contributed by atoms with Crippen LogP contribution in [0, 0.1) is 0 Å². The van der Waals surface area contributed by atoms with Crippen LogP contribution in [0.1, 0.15) is 71.1 Å². The topological polar surface area (TPSA) is 66.4 Å². The van der Waals surface area contributed by atoms with E-state index in [4.69, 9.17) is 5.11 Å². The van der Waals surface area contributed by atoms with Gasteiger partial charge < -0.3 is 15.2 Å². The first-order valence-electron chi connectivity index (χ1n) is 10.1. The summed E-state index contributed by atoms with van der Waals surface area (Å²) in [7, 11) is 1.00. The number of carbonyl (C=O) groups excluding carboxylic acids is 2.